The summed E-state index contributed by atoms with van der Waals surface area (Å²) < 4.78 is 28.8. The van der Waals surface area contributed by atoms with E-state index in [1.54, 1.807) is 11.2 Å². The summed E-state index contributed by atoms with van der Waals surface area (Å²) in [6.07, 6.45) is 0. The summed E-state index contributed by atoms with van der Waals surface area (Å²) >= 11 is 1.49. The van der Waals surface area contributed by atoms with Crippen LogP contribution in [0.4, 0.5) is 5.69 Å². The van der Waals surface area contributed by atoms with Crippen molar-refractivity contribution in [3.63, 3.8) is 0 Å². The molecule has 0 spiro atoms. The largest absolute Gasteiger partial charge is 0.369 e. The second-order valence-corrected chi connectivity index (χ2v) is 11.2. The van der Waals surface area contributed by atoms with Crippen molar-refractivity contribution in [3.8, 4) is 11.3 Å². The van der Waals surface area contributed by atoms with Crippen molar-refractivity contribution in [1.82, 2.24) is 14.5 Å². The van der Waals surface area contributed by atoms with Crippen molar-refractivity contribution in [2.24, 2.45) is 0 Å². The third kappa shape index (κ3) is 4.05. The molecule has 0 saturated carbocycles. The molecule has 0 unspecified atom stereocenters. The molecule has 0 amide bonds. The first-order chi connectivity index (χ1) is 14.7. The number of Topliss-reactive ketones (excluding diaryl/α,β-unsaturated/α-hetero) is 1. The number of piperazine rings is 1. The summed E-state index contributed by atoms with van der Waals surface area (Å²) in [6.45, 7) is 9.26. The molecule has 0 aliphatic carbocycles. The number of sulfonamides is 1. The van der Waals surface area contributed by atoms with Crippen molar-refractivity contribution >= 4 is 32.8 Å². The van der Waals surface area contributed by atoms with Crippen LogP contribution >= 0.6 is 11.3 Å². The highest BCUT2D eigenvalue weighted by molar-refractivity contribution is 7.89. The normalized spacial score (nSPS) is 15.4. The second-order valence-electron chi connectivity index (χ2n) is 7.85. The first kappa shape index (κ1) is 21.7. The maximum Gasteiger partial charge on any atom is 0.244 e. The van der Waals surface area contributed by atoms with Crippen LogP contribution in [0.2, 0.25) is 0 Å². The van der Waals surface area contributed by atoms with Gasteiger partial charge in [0.15, 0.2) is 5.78 Å². The van der Waals surface area contributed by atoms with Gasteiger partial charge in [0.2, 0.25) is 10.0 Å². The molecular formula is C22H26N4O3S2. The molecule has 7 nitrogen and oxygen atoms in total. The lowest BCUT2D eigenvalue weighted by atomic mass is 10.1. The summed E-state index contributed by atoms with van der Waals surface area (Å²) in [7, 11) is -3.65. The molecule has 1 aliphatic heterocycles. The number of rotatable bonds is 5. The Bertz CT molecular complexity index is 1220. The molecule has 1 N–H and O–H groups in total. The molecule has 1 saturated heterocycles. The molecule has 3 aromatic rings. The van der Waals surface area contributed by atoms with Crippen LogP contribution in [-0.2, 0) is 10.0 Å². The number of aryl methyl sites for hydroxylation is 3. The van der Waals surface area contributed by atoms with Crippen molar-refractivity contribution in [1.29, 1.82) is 0 Å². The predicted octanol–water partition coefficient (Wildman–Crippen LogP) is 3.78. The summed E-state index contributed by atoms with van der Waals surface area (Å²) in [5.74, 6) is 0.0341. The molecule has 3 heterocycles. The topological polar surface area (TPSA) is 86.4 Å². The molecule has 1 aliphatic rings. The van der Waals surface area contributed by atoms with Crippen LogP contribution in [0.5, 0.6) is 0 Å². The summed E-state index contributed by atoms with van der Waals surface area (Å²) in [5.41, 5.74) is 3.94. The number of benzene rings is 1. The van der Waals surface area contributed by atoms with Crippen LogP contribution in [0, 0.1) is 20.8 Å². The van der Waals surface area contributed by atoms with Gasteiger partial charge in [-0.1, -0.05) is 0 Å². The fraction of sp³-hybridized carbons (Fsp3) is 0.364. The van der Waals surface area contributed by atoms with Crippen LogP contribution in [0.3, 0.4) is 0 Å². The van der Waals surface area contributed by atoms with E-state index in [4.69, 9.17) is 0 Å². The third-order valence-electron chi connectivity index (χ3n) is 5.64. The van der Waals surface area contributed by atoms with Crippen LogP contribution in [0.1, 0.15) is 32.7 Å². The van der Waals surface area contributed by atoms with E-state index in [0.717, 1.165) is 21.1 Å². The zero-order valence-corrected chi connectivity index (χ0v) is 19.7. The molecule has 1 aromatic carbocycles. The third-order valence-corrected chi connectivity index (χ3v) is 8.86. The second kappa shape index (κ2) is 8.22. The first-order valence-corrected chi connectivity index (χ1v) is 12.4. The minimum absolute atomic E-state index is 0.0341. The predicted molar refractivity (Wildman–Crippen MR) is 124 cm³/mol. The van der Waals surface area contributed by atoms with Gasteiger partial charge >= 0.3 is 0 Å². The molecule has 1 fully saturated rings. The summed E-state index contributed by atoms with van der Waals surface area (Å²) in [4.78, 5) is 15.8. The van der Waals surface area contributed by atoms with E-state index in [1.807, 2.05) is 51.1 Å². The SMILES string of the molecule is CC(=O)c1ccc(N2CCN(S(=O)(=O)c3c(C)sc(C)c3-c3cc(C)[nH]n3)CC2)cc1. The lowest BCUT2D eigenvalue weighted by Gasteiger charge is -2.35. The van der Waals surface area contributed by atoms with Gasteiger partial charge in [-0.05, 0) is 58.0 Å². The molecule has 0 atom stereocenters. The molecule has 0 radical (unpaired) electrons. The van der Waals surface area contributed by atoms with Crippen molar-refractivity contribution in [3.05, 3.63) is 51.3 Å². The van der Waals surface area contributed by atoms with Crippen LogP contribution in [-0.4, -0.2) is 54.9 Å². The van der Waals surface area contributed by atoms with Gasteiger partial charge in [0, 0.05) is 58.4 Å². The lowest BCUT2D eigenvalue weighted by molar-refractivity contribution is 0.101. The van der Waals surface area contributed by atoms with E-state index in [1.165, 1.54) is 11.3 Å². The van der Waals surface area contributed by atoms with Gasteiger partial charge in [-0.3, -0.25) is 9.89 Å². The van der Waals surface area contributed by atoms with Crippen LogP contribution in [0.25, 0.3) is 11.3 Å². The molecule has 9 heteroatoms. The number of hydrogen-bond acceptors (Lipinski definition) is 6. The van der Waals surface area contributed by atoms with E-state index in [0.29, 0.717) is 47.9 Å². The Labute approximate surface area is 186 Å². The van der Waals surface area contributed by atoms with Gasteiger partial charge in [0.1, 0.15) is 4.90 Å². The number of aromatic amines is 1. The molecule has 31 heavy (non-hydrogen) atoms. The van der Waals surface area contributed by atoms with Gasteiger partial charge in [-0.15, -0.1) is 11.3 Å². The van der Waals surface area contributed by atoms with Crippen molar-refractivity contribution in [2.75, 3.05) is 31.1 Å². The van der Waals surface area contributed by atoms with Crippen LogP contribution in [0.15, 0.2) is 35.2 Å². The number of anilines is 1. The van der Waals surface area contributed by atoms with Crippen LogP contribution < -0.4 is 4.90 Å². The number of carbonyl (C=O) groups is 1. The van der Waals surface area contributed by atoms with Gasteiger partial charge in [0.25, 0.3) is 0 Å². The Kier molecular flexibility index (Phi) is 5.76. The number of H-pyrrole nitrogens is 1. The van der Waals surface area contributed by atoms with Gasteiger partial charge in [-0.2, -0.15) is 9.40 Å². The summed E-state index contributed by atoms with van der Waals surface area (Å²) in [5, 5.41) is 7.23. The van der Waals surface area contributed by atoms with Crippen molar-refractivity contribution < 1.29 is 13.2 Å². The van der Waals surface area contributed by atoms with E-state index in [2.05, 4.69) is 15.1 Å². The average Bonchev–Trinajstić information content (AvgIpc) is 3.30. The molecule has 164 valence electrons. The number of nitrogens with one attached hydrogen (secondary N) is 1. The van der Waals surface area contributed by atoms with Crippen molar-refractivity contribution in [2.45, 2.75) is 32.6 Å². The Balaban J connectivity index is 1.57. The van der Waals surface area contributed by atoms with Gasteiger partial charge in [0.05, 0.1) is 5.69 Å². The Hall–Kier alpha value is -2.49. The average molecular weight is 459 g/mol. The van der Waals surface area contributed by atoms with E-state index in [-0.39, 0.29) is 5.78 Å². The maximum absolute atomic E-state index is 13.6. The fourth-order valence-electron chi connectivity index (χ4n) is 4.04. The highest BCUT2D eigenvalue weighted by Crippen LogP contribution is 2.40. The molecular weight excluding hydrogens is 432 g/mol. The van der Waals surface area contributed by atoms with Gasteiger partial charge in [-0.25, -0.2) is 8.42 Å². The van der Waals surface area contributed by atoms with Gasteiger partial charge < -0.3 is 4.90 Å². The minimum atomic E-state index is -3.65. The highest BCUT2D eigenvalue weighted by atomic mass is 32.2. The van der Waals surface area contributed by atoms with E-state index >= 15 is 0 Å². The highest BCUT2D eigenvalue weighted by Gasteiger charge is 2.34. The quantitative estimate of drug-likeness (QED) is 0.588. The summed E-state index contributed by atoms with van der Waals surface area (Å²) in [6, 6.07) is 9.36. The number of aromatic nitrogens is 2. The monoisotopic (exact) mass is 458 g/mol. The van der Waals surface area contributed by atoms with E-state index < -0.39 is 10.0 Å². The number of carbonyl (C=O) groups excluding carboxylic acids is 1. The first-order valence-electron chi connectivity index (χ1n) is 10.2. The maximum atomic E-state index is 13.6. The standard InChI is InChI=1S/C22H26N4O3S2/c1-14-13-20(24-23-14)21-16(3)30-17(4)22(21)31(28,29)26-11-9-25(10-12-26)19-7-5-18(6-8-19)15(2)27/h5-8,13H,9-12H2,1-4H3,(H,23,24). The zero-order valence-electron chi connectivity index (χ0n) is 18.1. The Morgan fingerprint density at radius 2 is 1.68 bits per heavy atom. The number of thiophene rings is 1. The number of hydrogen-bond donors (Lipinski definition) is 1. The molecule has 0 bridgehead atoms. The number of nitrogens with zero attached hydrogens (tertiary/aromatic N) is 3. The fourth-order valence-corrected chi connectivity index (χ4v) is 7.29. The Morgan fingerprint density at radius 3 is 2.23 bits per heavy atom. The minimum Gasteiger partial charge on any atom is -0.369 e. The Morgan fingerprint density at radius 1 is 1.03 bits per heavy atom. The zero-order chi connectivity index (χ0) is 22.3. The molecule has 4 rings (SSSR count). The number of ketones is 1. The lowest BCUT2D eigenvalue weighted by Crippen LogP contribution is -2.48. The van der Waals surface area contributed by atoms with E-state index in [9.17, 15) is 13.2 Å². The molecule has 2 aromatic heterocycles. The smallest absolute Gasteiger partial charge is 0.244 e.